The summed E-state index contributed by atoms with van der Waals surface area (Å²) in [6, 6.07) is 0.936. The molecular weight excluding hydrogens is 599 g/mol. The predicted molar refractivity (Wildman–Crippen MR) is 206 cm³/mol. The van der Waals surface area contributed by atoms with E-state index in [1.807, 2.05) is 0 Å². The second kappa shape index (κ2) is 39.9. The van der Waals surface area contributed by atoms with Crippen molar-refractivity contribution < 1.29 is 18.1 Å². The molecule has 0 heterocycles. The zero-order chi connectivity index (χ0) is 34.2. The molecule has 280 valence electrons. The predicted octanol–water partition coefficient (Wildman–Crippen LogP) is 13.9. The minimum absolute atomic E-state index is 0.666. The molecule has 0 unspecified atom stereocenters. The van der Waals surface area contributed by atoms with Crippen molar-refractivity contribution in [3.63, 3.8) is 0 Å². The van der Waals surface area contributed by atoms with E-state index in [2.05, 4.69) is 4.99 Å². The highest BCUT2D eigenvalue weighted by Gasteiger charge is 2.36. The first kappa shape index (κ1) is 46.5. The van der Waals surface area contributed by atoms with E-state index >= 15 is 0 Å². The maximum atomic E-state index is 10.0. The Morgan fingerprint density at radius 2 is 0.532 bits per heavy atom. The topological polar surface area (TPSA) is 57.1 Å². The van der Waals surface area contributed by atoms with Crippen LogP contribution in [0.3, 0.4) is 0 Å². The number of unbranched alkanes of at least 4 members (excludes halogenated alkanes) is 34. The lowest BCUT2D eigenvalue weighted by Crippen LogP contribution is -2.42. The Kier molecular flexibility index (Phi) is 39.5. The zero-order valence-electron chi connectivity index (χ0n) is 32.2. The highest BCUT2D eigenvalue weighted by Crippen LogP contribution is 2.20. The average Bonchev–Trinajstić information content (AvgIpc) is 3.09. The van der Waals surface area contributed by atoms with Crippen LogP contribution in [0.5, 0.6) is 0 Å². The monoisotopic (exact) mass is 682 g/mol. The molecule has 0 fully saturated rings. The number of nitrogens with zero attached hydrogens (tertiary/aromatic N) is 1. The van der Waals surface area contributed by atoms with Crippen LogP contribution in [0.4, 0.5) is 0 Å². The minimum Gasteiger partial charge on any atom is -0.377 e. The molecule has 0 aromatic carbocycles. The Balaban J connectivity index is 3.12. The van der Waals surface area contributed by atoms with Gasteiger partial charge in [0, 0.05) is 27.4 Å². The van der Waals surface area contributed by atoms with Crippen LogP contribution in [0.2, 0.25) is 6.04 Å². The summed E-state index contributed by atoms with van der Waals surface area (Å²) in [5, 5.41) is 0. The van der Waals surface area contributed by atoms with Gasteiger partial charge in [-0.1, -0.05) is 212 Å². The lowest BCUT2D eigenvalue weighted by Gasteiger charge is -2.24. The third kappa shape index (κ3) is 35.1. The molecule has 6 heteroatoms. The molecule has 47 heavy (non-hydrogen) atoms. The van der Waals surface area contributed by atoms with Crippen molar-refractivity contribution in [3.05, 3.63) is 0 Å². The molecule has 0 N–H and O–H groups in total. The van der Waals surface area contributed by atoms with Crippen LogP contribution in [0.25, 0.3) is 0 Å². The molecule has 0 aromatic rings. The maximum Gasteiger partial charge on any atom is 0.500 e. The molecule has 0 saturated heterocycles. The SMILES string of the molecule is CO[Si](CCCCCCCCCCCCCCCCCCCCCCCCCCCCCCCCCCCCCN=C=O)(OC)OC. The minimum atomic E-state index is -2.35. The van der Waals surface area contributed by atoms with Gasteiger partial charge in [-0.25, -0.2) is 9.79 Å². The Morgan fingerprint density at radius 1 is 0.340 bits per heavy atom. The van der Waals surface area contributed by atoms with E-state index in [9.17, 15) is 4.79 Å². The summed E-state index contributed by atoms with van der Waals surface area (Å²) in [5.41, 5.74) is 0. The number of aliphatic imine (C=N–C) groups is 1. The van der Waals surface area contributed by atoms with Crippen LogP contribution in [-0.2, 0) is 18.1 Å². The van der Waals surface area contributed by atoms with Gasteiger partial charge in [-0.15, -0.1) is 0 Å². The lowest BCUT2D eigenvalue weighted by atomic mass is 10.0. The van der Waals surface area contributed by atoms with Crippen LogP contribution in [-0.4, -0.2) is 42.8 Å². The van der Waals surface area contributed by atoms with Crippen molar-refractivity contribution in [3.8, 4) is 0 Å². The van der Waals surface area contributed by atoms with Crippen molar-refractivity contribution in [1.82, 2.24) is 0 Å². The standard InChI is InChI=1S/C41H83NO4Si/c1-44-47(45-2,46-3)40-38-36-34-32-30-28-26-24-22-20-18-16-14-12-10-8-6-4-5-7-9-11-13-15-17-19-21-23-25-27-29-31-33-35-37-39-42-41-43/h4-40H2,1-3H3. The summed E-state index contributed by atoms with van der Waals surface area (Å²) in [6.45, 7) is 0.666. The van der Waals surface area contributed by atoms with Crippen LogP contribution in [0, 0.1) is 0 Å². The Hall–Kier alpha value is -0.523. The van der Waals surface area contributed by atoms with E-state index in [1.165, 1.54) is 212 Å². The first-order chi connectivity index (χ1) is 23.2. The number of carbonyl (C=O) groups excluding carboxylic acids is 1. The second-order valence-electron chi connectivity index (χ2n) is 14.4. The van der Waals surface area contributed by atoms with Gasteiger partial charge in [0.15, 0.2) is 0 Å². The lowest BCUT2D eigenvalue weighted by molar-refractivity contribution is 0.122. The highest BCUT2D eigenvalue weighted by atomic mass is 28.4. The molecule has 5 nitrogen and oxygen atoms in total. The van der Waals surface area contributed by atoms with E-state index in [1.54, 1.807) is 27.4 Å². The summed E-state index contributed by atoms with van der Waals surface area (Å²) in [6.07, 6.45) is 50.7. The van der Waals surface area contributed by atoms with E-state index in [0.29, 0.717) is 6.54 Å². The van der Waals surface area contributed by atoms with Gasteiger partial charge in [-0.2, -0.15) is 0 Å². The normalized spacial score (nSPS) is 11.7. The van der Waals surface area contributed by atoms with Gasteiger partial charge in [0.2, 0.25) is 6.08 Å². The molecule has 0 saturated carbocycles. The summed E-state index contributed by atoms with van der Waals surface area (Å²) < 4.78 is 16.5. The molecule has 0 aliphatic rings. The fraction of sp³-hybridized carbons (Fsp3) is 0.976. The summed E-state index contributed by atoms with van der Waals surface area (Å²) in [4.78, 5) is 13.6. The Bertz CT molecular complexity index is 631. The van der Waals surface area contributed by atoms with Gasteiger partial charge in [-0.3, -0.25) is 0 Å². The second-order valence-corrected chi connectivity index (χ2v) is 17.5. The zero-order valence-corrected chi connectivity index (χ0v) is 33.2. The van der Waals surface area contributed by atoms with Gasteiger partial charge in [0.05, 0.1) is 6.54 Å². The van der Waals surface area contributed by atoms with E-state index in [-0.39, 0.29) is 0 Å². The molecule has 0 aromatic heterocycles. The van der Waals surface area contributed by atoms with Crippen molar-refractivity contribution in [2.45, 2.75) is 231 Å². The molecule has 0 aliphatic carbocycles. The molecule has 0 rings (SSSR count). The van der Waals surface area contributed by atoms with Crippen molar-refractivity contribution in [1.29, 1.82) is 0 Å². The first-order valence-electron chi connectivity index (χ1n) is 20.9. The number of rotatable bonds is 41. The molecular formula is C41H83NO4Si. The third-order valence-corrected chi connectivity index (χ3v) is 13.1. The molecule has 0 radical (unpaired) electrons. The van der Waals surface area contributed by atoms with E-state index in [4.69, 9.17) is 13.3 Å². The highest BCUT2D eigenvalue weighted by molar-refractivity contribution is 6.60. The number of hydrogen-bond acceptors (Lipinski definition) is 5. The Labute approximate surface area is 295 Å². The smallest absolute Gasteiger partial charge is 0.377 e. The van der Waals surface area contributed by atoms with Crippen LogP contribution in [0.15, 0.2) is 4.99 Å². The quantitative estimate of drug-likeness (QED) is 0.0279. The van der Waals surface area contributed by atoms with E-state index in [0.717, 1.165) is 18.9 Å². The van der Waals surface area contributed by atoms with E-state index < -0.39 is 8.80 Å². The van der Waals surface area contributed by atoms with Gasteiger partial charge in [0.25, 0.3) is 0 Å². The van der Waals surface area contributed by atoms with Crippen LogP contribution >= 0.6 is 0 Å². The summed E-state index contributed by atoms with van der Waals surface area (Å²) >= 11 is 0. The van der Waals surface area contributed by atoms with Crippen LogP contribution in [0.1, 0.15) is 225 Å². The summed E-state index contributed by atoms with van der Waals surface area (Å²) in [5.74, 6) is 0. The van der Waals surface area contributed by atoms with Crippen LogP contribution < -0.4 is 0 Å². The van der Waals surface area contributed by atoms with Gasteiger partial charge in [-0.05, 0) is 12.8 Å². The first-order valence-corrected chi connectivity index (χ1v) is 22.9. The third-order valence-electron chi connectivity index (χ3n) is 10.3. The summed E-state index contributed by atoms with van der Waals surface area (Å²) in [7, 11) is 2.78. The number of isocyanates is 1. The maximum absolute atomic E-state index is 10.0. The largest absolute Gasteiger partial charge is 0.500 e. The average molecular weight is 682 g/mol. The Morgan fingerprint density at radius 3 is 0.723 bits per heavy atom. The molecule has 0 bridgehead atoms. The number of hydrogen-bond donors (Lipinski definition) is 0. The molecule has 0 aliphatic heterocycles. The molecule has 0 spiro atoms. The van der Waals surface area contributed by atoms with Gasteiger partial charge in [0.1, 0.15) is 0 Å². The molecule has 0 atom stereocenters. The fourth-order valence-electron chi connectivity index (χ4n) is 6.97. The van der Waals surface area contributed by atoms with Gasteiger partial charge < -0.3 is 13.3 Å². The molecule has 0 amide bonds. The van der Waals surface area contributed by atoms with Gasteiger partial charge >= 0.3 is 8.80 Å². The van der Waals surface area contributed by atoms with Crippen molar-refractivity contribution >= 4 is 14.9 Å². The van der Waals surface area contributed by atoms with Crippen molar-refractivity contribution in [2.24, 2.45) is 4.99 Å². The van der Waals surface area contributed by atoms with Crippen molar-refractivity contribution in [2.75, 3.05) is 27.9 Å². The fourth-order valence-corrected chi connectivity index (χ4v) is 8.76.